The van der Waals surface area contributed by atoms with E-state index in [4.69, 9.17) is 16.3 Å². The van der Waals surface area contributed by atoms with E-state index in [-0.39, 0.29) is 29.1 Å². The summed E-state index contributed by atoms with van der Waals surface area (Å²) in [6.07, 6.45) is 1.44. The molecule has 6 rings (SSSR count). The maximum Gasteiger partial charge on any atom is 0.271 e. The summed E-state index contributed by atoms with van der Waals surface area (Å²) in [5.41, 5.74) is -0.501. The van der Waals surface area contributed by atoms with Crippen LogP contribution in [-0.4, -0.2) is 47.2 Å². The van der Waals surface area contributed by atoms with E-state index in [0.29, 0.717) is 29.2 Å². The number of halogens is 1. The normalized spacial score (nSPS) is 29.4. The fraction of sp³-hybridized carbons (Fsp3) is 0.348. The highest BCUT2D eigenvalue weighted by Gasteiger charge is 2.74. The second-order valence-corrected chi connectivity index (χ2v) is 9.38. The third kappa shape index (κ3) is 2.41. The van der Waals surface area contributed by atoms with Gasteiger partial charge in [0.25, 0.3) is 5.69 Å². The zero-order valence-electron chi connectivity index (χ0n) is 18.0. The standard InChI is InChI=1S/C23H19ClN4O6/c1-34-17-7-5-12(28(32)33)10-16(17)27-20(29)18-15-3-2-8-26(15)23(19(18)21(27)30)13-9-11(24)4-6-14(13)25-22(23)31/h4-7,9-10,15,18-19H,2-3,8H2,1H3,(H,25,31)/t15-,18+,19+,23+/m0/s1. The summed E-state index contributed by atoms with van der Waals surface area (Å²) >= 11 is 6.29. The third-order valence-corrected chi connectivity index (χ3v) is 7.80. The summed E-state index contributed by atoms with van der Waals surface area (Å²) < 4.78 is 5.33. The van der Waals surface area contributed by atoms with Crippen LogP contribution in [0.2, 0.25) is 5.02 Å². The Morgan fingerprint density at radius 2 is 1.97 bits per heavy atom. The maximum absolute atomic E-state index is 14.0. The van der Waals surface area contributed by atoms with Crippen LogP contribution in [0, 0.1) is 22.0 Å². The lowest BCUT2D eigenvalue weighted by Crippen LogP contribution is -2.54. The number of hydrogen-bond acceptors (Lipinski definition) is 7. The highest BCUT2D eigenvalue weighted by molar-refractivity contribution is 6.31. The number of non-ortho nitro benzene ring substituents is 1. The van der Waals surface area contributed by atoms with Crippen molar-refractivity contribution in [1.82, 2.24) is 4.90 Å². The van der Waals surface area contributed by atoms with Crippen molar-refractivity contribution in [3.63, 3.8) is 0 Å². The molecule has 1 spiro atoms. The quantitative estimate of drug-likeness (QED) is 0.405. The van der Waals surface area contributed by atoms with Gasteiger partial charge in [-0.05, 0) is 43.7 Å². The summed E-state index contributed by atoms with van der Waals surface area (Å²) in [6.45, 7) is 0.567. The molecule has 2 aromatic carbocycles. The number of methoxy groups -OCH3 is 1. The van der Waals surface area contributed by atoms with Crippen molar-refractivity contribution >= 4 is 46.4 Å². The second kappa shape index (κ2) is 7.00. The Bertz CT molecular complexity index is 1310. The van der Waals surface area contributed by atoms with Gasteiger partial charge in [-0.25, -0.2) is 4.90 Å². The smallest absolute Gasteiger partial charge is 0.271 e. The number of nitro groups is 1. The Morgan fingerprint density at radius 1 is 1.18 bits per heavy atom. The minimum atomic E-state index is -1.37. The SMILES string of the molecule is COc1ccc([N+](=O)[O-])cc1N1C(=O)[C@@H]2[C@@H]3CCCN3[C@@]3(C(=O)Nc4ccc(Cl)cc43)[C@H]2C1=O. The van der Waals surface area contributed by atoms with Crippen LogP contribution in [-0.2, 0) is 19.9 Å². The average Bonchev–Trinajstić information content (AvgIpc) is 3.52. The number of amides is 3. The van der Waals surface area contributed by atoms with Gasteiger partial charge in [-0.2, -0.15) is 0 Å². The Balaban J connectivity index is 1.56. The second-order valence-electron chi connectivity index (χ2n) is 8.94. The van der Waals surface area contributed by atoms with E-state index >= 15 is 0 Å². The molecule has 4 aliphatic heterocycles. The molecule has 1 N–H and O–H groups in total. The van der Waals surface area contributed by atoms with Gasteiger partial charge in [0.15, 0.2) is 0 Å². The molecule has 0 saturated carbocycles. The minimum absolute atomic E-state index is 0.00511. The van der Waals surface area contributed by atoms with Crippen LogP contribution in [0.5, 0.6) is 5.75 Å². The van der Waals surface area contributed by atoms with Gasteiger partial charge in [-0.15, -0.1) is 0 Å². The maximum atomic E-state index is 14.0. The van der Waals surface area contributed by atoms with Crippen LogP contribution in [0.15, 0.2) is 36.4 Å². The molecule has 4 aliphatic rings. The molecule has 174 valence electrons. The van der Waals surface area contributed by atoms with E-state index < -0.39 is 34.1 Å². The van der Waals surface area contributed by atoms with Crippen molar-refractivity contribution in [2.24, 2.45) is 11.8 Å². The van der Waals surface area contributed by atoms with Gasteiger partial charge in [-0.3, -0.25) is 29.4 Å². The van der Waals surface area contributed by atoms with Crippen molar-refractivity contribution in [1.29, 1.82) is 0 Å². The van der Waals surface area contributed by atoms with Gasteiger partial charge >= 0.3 is 0 Å². The molecule has 0 unspecified atom stereocenters. The number of carbonyl (C=O) groups is 3. The molecule has 0 aromatic heterocycles. The first-order chi connectivity index (χ1) is 16.3. The number of rotatable bonds is 3. The third-order valence-electron chi connectivity index (χ3n) is 7.57. The first-order valence-electron chi connectivity index (χ1n) is 10.9. The van der Waals surface area contributed by atoms with E-state index in [1.807, 2.05) is 4.90 Å². The molecular weight excluding hydrogens is 464 g/mol. The van der Waals surface area contributed by atoms with Gasteiger partial charge in [0.05, 0.1) is 23.9 Å². The number of anilines is 2. The number of benzene rings is 2. The molecule has 3 saturated heterocycles. The number of ether oxygens (including phenoxy) is 1. The number of carbonyl (C=O) groups excluding carboxylic acids is 3. The van der Waals surface area contributed by atoms with E-state index in [1.54, 1.807) is 18.2 Å². The molecule has 3 fully saturated rings. The molecule has 4 atom stereocenters. The van der Waals surface area contributed by atoms with Crippen LogP contribution < -0.4 is 15.0 Å². The van der Waals surface area contributed by atoms with Gasteiger partial charge in [0, 0.05) is 34.4 Å². The molecule has 10 nitrogen and oxygen atoms in total. The van der Waals surface area contributed by atoms with Gasteiger partial charge in [0.1, 0.15) is 17.0 Å². The Labute approximate surface area is 198 Å². The lowest BCUT2D eigenvalue weighted by atomic mass is 9.75. The van der Waals surface area contributed by atoms with Gasteiger partial charge in [-0.1, -0.05) is 11.6 Å². The van der Waals surface area contributed by atoms with E-state index in [2.05, 4.69) is 5.32 Å². The predicted molar refractivity (Wildman–Crippen MR) is 121 cm³/mol. The molecule has 4 heterocycles. The van der Waals surface area contributed by atoms with Crippen molar-refractivity contribution < 1.29 is 24.0 Å². The summed E-state index contributed by atoms with van der Waals surface area (Å²) in [7, 11) is 1.36. The number of hydrogen-bond donors (Lipinski definition) is 1. The Hall–Kier alpha value is -3.50. The Morgan fingerprint density at radius 3 is 2.71 bits per heavy atom. The molecule has 3 amide bonds. The fourth-order valence-electron chi connectivity index (χ4n) is 6.38. The van der Waals surface area contributed by atoms with Crippen LogP contribution in [0.3, 0.4) is 0 Å². The first-order valence-corrected chi connectivity index (χ1v) is 11.3. The monoisotopic (exact) mass is 482 g/mol. The van der Waals surface area contributed by atoms with Crippen molar-refractivity contribution in [2.75, 3.05) is 23.9 Å². The molecule has 0 bridgehead atoms. The zero-order chi connectivity index (χ0) is 23.9. The Kier molecular flexibility index (Phi) is 4.34. The number of nitrogens with one attached hydrogen (secondary N) is 1. The van der Waals surface area contributed by atoms with Crippen LogP contribution in [0.4, 0.5) is 17.1 Å². The molecule has 0 aliphatic carbocycles. The van der Waals surface area contributed by atoms with Crippen LogP contribution >= 0.6 is 11.6 Å². The molecule has 0 radical (unpaired) electrons. The van der Waals surface area contributed by atoms with Gasteiger partial charge in [0.2, 0.25) is 17.7 Å². The summed E-state index contributed by atoms with van der Waals surface area (Å²) in [6, 6.07) is 8.50. The molecule has 11 heteroatoms. The number of nitro benzene ring substituents is 1. The van der Waals surface area contributed by atoms with Crippen LogP contribution in [0.25, 0.3) is 0 Å². The topological polar surface area (TPSA) is 122 Å². The van der Waals surface area contributed by atoms with Crippen LogP contribution in [0.1, 0.15) is 18.4 Å². The van der Waals surface area contributed by atoms with Crippen molar-refractivity contribution in [2.45, 2.75) is 24.4 Å². The lowest BCUT2D eigenvalue weighted by Gasteiger charge is -2.36. The largest absolute Gasteiger partial charge is 0.495 e. The highest BCUT2D eigenvalue weighted by Crippen LogP contribution is 2.61. The zero-order valence-corrected chi connectivity index (χ0v) is 18.7. The fourth-order valence-corrected chi connectivity index (χ4v) is 6.55. The summed E-state index contributed by atoms with van der Waals surface area (Å²) in [4.78, 5) is 55.2. The van der Waals surface area contributed by atoms with E-state index in [1.165, 1.54) is 19.2 Å². The minimum Gasteiger partial charge on any atom is -0.495 e. The lowest BCUT2D eigenvalue weighted by molar-refractivity contribution is -0.384. The summed E-state index contributed by atoms with van der Waals surface area (Å²) in [5, 5.41) is 14.7. The molecule has 2 aromatic rings. The summed E-state index contributed by atoms with van der Waals surface area (Å²) in [5.74, 6) is -3.03. The predicted octanol–water partition coefficient (Wildman–Crippen LogP) is 2.69. The average molecular weight is 483 g/mol. The van der Waals surface area contributed by atoms with Gasteiger partial charge < -0.3 is 10.1 Å². The first kappa shape index (κ1) is 21.1. The van der Waals surface area contributed by atoms with E-state index in [0.717, 1.165) is 17.4 Å². The molecule has 34 heavy (non-hydrogen) atoms. The van der Waals surface area contributed by atoms with E-state index in [9.17, 15) is 24.5 Å². The molecular formula is C23H19ClN4O6. The van der Waals surface area contributed by atoms with Crippen molar-refractivity contribution in [3.8, 4) is 5.75 Å². The number of nitrogens with zero attached hydrogens (tertiary/aromatic N) is 3. The number of fused-ring (bicyclic) bond motifs is 7. The number of imide groups is 1. The highest BCUT2D eigenvalue weighted by atomic mass is 35.5. The van der Waals surface area contributed by atoms with Crippen molar-refractivity contribution in [3.05, 3.63) is 57.1 Å².